The number of likely N-dealkylation sites (N-methyl/N-ethyl adjacent to an activating group) is 1. The maximum atomic E-state index is 5.73. The third kappa shape index (κ3) is 6.21. The van der Waals surface area contributed by atoms with Crippen molar-refractivity contribution in [3.8, 4) is 0 Å². The van der Waals surface area contributed by atoms with E-state index in [1.807, 2.05) is 0 Å². The third-order valence-corrected chi connectivity index (χ3v) is 3.80. The van der Waals surface area contributed by atoms with Crippen LogP contribution in [-0.2, 0) is 4.74 Å². The summed E-state index contributed by atoms with van der Waals surface area (Å²) < 4.78 is 5.73. The molecule has 1 rings (SSSR count). The number of hydrogen-bond acceptors (Lipinski definition) is 4. The molecule has 1 heterocycles. The van der Waals surface area contributed by atoms with Crippen LogP contribution in [0.4, 0.5) is 0 Å². The molecule has 0 aromatic heterocycles. The van der Waals surface area contributed by atoms with Crippen LogP contribution in [-0.4, -0.2) is 75.4 Å². The minimum absolute atomic E-state index is 0.542. The Morgan fingerprint density at radius 2 is 1.89 bits per heavy atom. The molecule has 0 bridgehead atoms. The van der Waals surface area contributed by atoms with Crippen LogP contribution in [0.1, 0.15) is 33.1 Å². The van der Waals surface area contributed by atoms with Crippen LogP contribution in [0.2, 0.25) is 0 Å². The number of ether oxygens (including phenoxy) is 1. The number of rotatable bonds is 9. The average Bonchev–Trinajstić information content (AvgIpc) is 2.41. The van der Waals surface area contributed by atoms with Gasteiger partial charge in [0.1, 0.15) is 0 Å². The van der Waals surface area contributed by atoms with E-state index in [0.29, 0.717) is 12.1 Å². The van der Waals surface area contributed by atoms with Gasteiger partial charge in [-0.2, -0.15) is 0 Å². The fourth-order valence-corrected chi connectivity index (χ4v) is 2.71. The lowest BCUT2D eigenvalue weighted by Gasteiger charge is -2.40. The molecule has 2 atom stereocenters. The van der Waals surface area contributed by atoms with E-state index in [4.69, 9.17) is 4.74 Å². The van der Waals surface area contributed by atoms with Gasteiger partial charge in [-0.25, -0.2) is 0 Å². The zero-order valence-electron chi connectivity index (χ0n) is 13.3. The zero-order valence-corrected chi connectivity index (χ0v) is 13.3. The highest BCUT2D eigenvalue weighted by Crippen LogP contribution is 2.15. The number of hydrogen-bond donors (Lipinski definition) is 1. The molecular formula is C15H33N3O. The van der Waals surface area contributed by atoms with Crippen molar-refractivity contribution in [3.05, 3.63) is 0 Å². The molecule has 0 aromatic rings. The van der Waals surface area contributed by atoms with Crippen molar-refractivity contribution in [1.29, 1.82) is 0 Å². The van der Waals surface area contributed by atoms with Gasteiger partial charge in [-0.15, -0.1) is 0 Å². The van der Waals surface area contributed by atoms with Crippen molar-refractivity contribution >= 4 is 0 Å². The van der Waals surface area contributed by atoms with E-state index in [2.05, 4.69) is 43.1 Å². The average molecular weight is 271 g/mol. The summed E-state index contributed by atoms with van der Waals surface area (Å²) in [5.74, 6) is 0. The van der Waals surface area contributed by atoms with Crippen LogP contribution in [0.15, 0.2) is 0 Å². The number of nitrogens with zero attached hydrogens (tertiary/aromatic N) is 2. The second-order valence-electron chi connectivity index (χ2n) is 5.83. The highest BCUT2D eigenvalue weighted by Gasteiger charge is 2.29. The van der Waals surface area contributed by atoms with E-state index in [1.54, 1.807) is 0 Å². The molecule has 1 aliphatic rings. The van der Waals surface area contributed by atoms with Crippen LogP contribution in [0, 0.1) is 0 Å². The summed E-state index contributed by atoms with van der Waals surface area (Å²) in [4.78, 5) is 4.88. The van der Waals surface area contributed by atoms with Crippen LogP contribution in [0.25, 0.3) is 0 Å². The van der Waals surface area contributed by atoms with Gasteiger partial charge in [0.2, 0.25) is 0 Å². The Hall–Kier alpha value is -0.160. The Labute approximate surface area is 119 Å². The molecule has 4 heteroatoms. The summed E-state index contributed by atoms with van der Waals surface area (Å²) in [6, 6.07) is 1.14. The van der Waals surface area contributed by atoms with Gasteiger partial charge < -0.3 is 15.0 Å². The molecule has 0 saturated carbocycles. The van der Waals surface area contributed by atoms with Gasteiger partial charge >= 0.3 is 0 Å². The van der Waals surface area contributed by atoms with E-state index in [1.165, 1.54) is 19.4 Å². The van der Waals surface area contributed by atoms with E-state index >= 15 is 0 Å². The fourth-order valence-electron chi connectivity index (χ4n) is 2.71. The lowest BCUT2D eigenvalue weighted by molar-refractivity contribution is -0.00487. The van der Waals surface area contributed by atoms with E-state index in [0.717, 1.165) is 39.3 Å². The maximum Gasteiger partial charge on any atom is 0.0637 e. The molecule has 0 amide bonds. The van der Waals surface area contributed by atoms with Crippen molar-refractivity contribution in [2.75, 3.05) is 53.5 Å². The normalized spacial score (nSPS) is 24.3. The third-order valence-electron chi connectivity index (χ3n) is 3.80. The molecule has 0 spiro atoms. The second-order valence-corrected chi connectivity index (χ2v) is 5.83. The molecule has 1 N–H and O–H groups in total. The monoisotopic (exact) mass is 271 g/mol. The smallest absolute Gasteiger partial charge is 0.0637 e. The number of nitrogens with one attached hydrogen (secondary N) is 1. The first-order valence-electron chi connectivity index (χ1n) is 7.88. The SMILES string of the molecule is CCCNC1CCOCC1N(CCC)CCN(C)C. The molecule has 0 aromatic carbocycles. The summed E-state index contributed by atoms with van der Waals surface area (Å²) in [6.07, 6.45) is 3.56. The molecule has 2 unspecified atom stereocenters. The van der Waals surface area contributed by atoms with Crippen molar-refractivity contribution in [2.45, 2.75) is 45.2 Å². The first kappa shape index (κ1) is 16.9. The molecule has 1 aliphatic heterocycles. The second kappa shape index (κ2) is 9.70. The summed E-state index contributed by atoms with van der Waals surface area (Å²) >= 11 is 0. The standard InChI is InChI=1S/C15H33N3O/c1-5-8-16-14-7-12-19-13-15(14)18(9-6-2)11-10-17(3)4/h14-16H,5-13H2,1-4H3. The van der Waals surface area contributed by atoms with E-state index < -0.39 is 0 Å². The summed E-state index contributed by atoms with van der Waals surface area (Å²) in [6.45, 7) is 10.8. The van der Waals surface area contributed by atoms with Gasteiger partial charge in [-0.05, 0) is 46.4 Å². The fraction of sp³-hybridized carbons (Fsp3) is 1.00. The molecule has 114 valence electrons. The minimum atomic E-state index is 0.542. The molecule has 19 heavy (non-hydrogen) atoms. The Morgan fingerprint density at radius 3 is 2.53 bits per heavy atom. The van der Waals surface area contributed by atoms with Gasteiger partial charge in [-0.3, -0.25) is 4.90 Å². The maximum absolute atomic E-state index is 5.73. The predicted octanol–water partition coefficient (Wildman–Crippen LogP) is 1.42. The first-order chi connectivity index (χ1) is 9.19. The lowest BCUT2D eigenvalue weighted by atomic mass is 10.0. The Kier molecular flexibility index (Phi) is 8.62. The Balaban J connectivity index is 2.55. The lowest BCUT2D eigenvalue weighted by Crippen LogP contribution is -2.56. The molecule has 0 aliphatic carbocycles. The minimum Gasteiger partial charge on any atom is -0.380 e. The van der Waals surface area contributed by atoms with Crippen LogP contribution in [0.3, 0.4) is 0 Å². The quantitative estimate of drug-likeness (QED) is 0.686. The van der Waals surface area contributed by atoms with Crippen LogP contribution >= 0.6 is 0 Å². The van der Waals surface area contributed by atoms with Gasteiger partial charge in [0.05, 0.1) is 6.61 Å². The van der Waals surface area contributed by atoms with Crippen molar-refractivity contribution < 1.29 is 4.74 Å². The van der Waals surface area contributed by atoms with Crippen LogP contribution in [0.5, 0.6) is 0 Å². The van der Waals surface area contributed by atoms with Crippen molar-refractivity contribution in [1.82, 2.24) is 15.1 Å². The Bertz CT molecular complexity index is 223. The highest BCUT2D eigenvalue weighted by atomic mass is 16.5. The predicted molar refractivity (Wildman–Crippen MR) is 81.7 cm³/mol. The van der Waals surface area contributed by atoms with Gasteiger partial charge in [-0.1, -0.05) is 13.8 Å². The van der Waals surface area contributed by atoms with E-state index in [9.17, 15) is 0 Å². The van der Waals surface area contributed by atoms with Gasteiger partial charge in [0, 0.05) is 31.8 Å². The summed E-state index contributed by atoms with van der Waals surface area (Å²) in [5, 5.41) is 3.71. The molecule has 4 nitrogen and oxygen atoms in total. The topological polar surface area (TPSA) is 27.7 Å². The van der Waals surface area contributed by atoms with Gasteiger partial charge in [0.15, 0.2) is 0 Å². The summed E-state index contributed by atoms with van der Waals surface area (Å²) in [5.41, 5.74) is 0. The Morgan fingerprint density at radius 1 is 1.11 bits per heavy atom. The zero-order chi connectivity index (χ0) is 14.1. The van der Waals surface area contributed by atoms with E-state index in [-0.39, 0.29) is 0 Å². The highest BCUT2D eigenvalue weighted by molar-refractivity contribution is 4.87. The van der Waals surface area contributed by atoms with Crippen molar-refractivity contribution in [2.24, 2.45) is 0 Å². The molecular weight excluding hydrogens is 238 g/mol. The molecule has 0 radical (unpaired) electrons. The molecule has 1 fully saturated rings. The molecule has 1 saturated heterocycles. The first-order valence-corrected chi connectivity index (χ1v) is 7.88. The largest absolute Gasteiger partial charge is 0.380 e. The van der Waals surface area contributed by atoms with Gasteiger partial charge in [0.25, 0.3) is 0 Å². The summed E-state index contributed by atoms with van der Waals surface area (Å²) in [7, 11) is 4.29. The van der Waals surface area contributed by atoms with Crippen LogP contribution < -0.4 is 5.32 Å². The van der Waals surface area contributed by atoms with Crippen molar-refractivity contribution in [3.63, 3.8) is 0 Å².